The number of phenolic OH excluding ortho intramolecular Hbond substituents is 1. The predicted molar refractivity (Wildman–Crippen MR) is 82.4 cm³/mol. The third-order valence-electron chi connectivity index (χ3n) is 3.05. The van der Waals surface area contributed by atoms with Gasteiger partial charge in [-0.25, -0.2) is 0 Å². The quantitative estimate of drug-likeness (QED) is 0.755. The van der Waals surface area contributed by atoms with E-state index in [1.165, 1.54) is 6.07 Å². The number of anilines is 1. The van der Waals surface area contributed by atoms with Crippen molar-refractivity contribution in [2.24, 2.45) is 5.73 Å². The van der Waals surface area contributed by atoms with E-state index < -0.39 is 11.4 Å². The van der Waals surface area contributed by atoms with Crippen LogP contribution in [-0.4, -0.2) is 11.0 Å². The fraction of sp³-hybridized carbons (Fsp3) is 0.133. The van der Waals surface area contributed by atoms with Crippen molar-refractivity contribution in [2.45, 2.75) is 12.5 Å². The molecule has 2 rings (SSSR count). The summed E-state index contributed by atoms with van der Waals surface area (Å²) in [6, 6.07) is 13.9. The smallest absolute Gasteiger partial charge is 0.248 e. The Kier molecular flexibility index (Phi) is 4.11. The van der Waals surface area contributed by atoms with Gasteiger partial charge in [-0.15, -0.1) is 0 Å². The van der Waals surface area contributed by atoms with Crippen molar-refractivity contribution >= 4 is 27.5 Å². The molecule has 1 atom stereocenters. The Morgan fingerprint density at radius 1 is 1.25 bits per heavy atom. The molecule has 0 bridgehead atoms. The normalized spacial score (nSPS) is 13.6. The molecule has 0 aliphatic heterocycles. The summed E-state index contributed by atoms with van der Waals surface area (Å²) in [4.78, 5) is 12.3. The van der Waals surface area contributed by atoms with Crippen LogP contribution in [0.5, 0.6) is 5.75 Å². The van der Waals surface area contributed by atoms with Crippen LogP contribution in [0.4, 0.5) is 5.69 Å². The lowest BCUT2D eigenvalue weighted by molar-refractivity contribution is -0.120. The van der Waals surface area contributed by atoms with E-state index in [9.17, 15) is 9.90 Å². The lowest BCUT2D eigenvalue weighted by atomic mass is 9.92. The zero-order valence-corrected chi connectivity index (χ0v) is 12.5. The van der Waals surface area contributed by atoms with Crippen LogP contribution in [0.25, 0.3) is 0 Å². The Morgan fingerprint density at radius 2 is 1.90 bits per heavy atom. The van der Waals surface area contributed by atoms with E-state index in [2.05, 4.69) is 21.2 Å². The van der Waals surface area contributed by atoms with Crippen molar-refractivity contribution in [3.05, 3.63) is 58.6 Å². The summed E-state index contributed by atoms with van der Waals surface area (Å²) < 4.78 is 0.754. The van der Waals surface area contributed by atoms with Crippen LogP contribution in [0.3, 0.4) is 0 Å². The Hall–Kier alpha value is -1.85. The highest BCUT2D eigenvalue weighted by Crippen LogP contribution is 2.28. The molecular weight excluding hydrogens is 320 g/mol. The summed E-state index contributed by atoms with van der Waals surface area (Å²) in [5.74, 6) is -0.400. The molecule has 0 aliphatic carbocycles. The molecule has 1 amide bonds. The van der Waals surface area contributed by atoms with Gasteiger partial charge in [-0.3, -0.25) is 4.79 Å². The van der Waals surface area contributed by atoms with E-state index in [0.29, 0.717) is 11.3 Å². The molecule has 0 saturated heterocycles. The average Bonchev–Trinajstić information content (AvgIpc) is 2.43. The van der Waals surface area contributed by atoms with Crippen molar-refractivity contribution in [2.75, 3.05) is 5.32 Å². The van der Waals surface area contributed by atoms with Crippen LogP contribution in [0.1, 0.15) is 12.5 Å². The molecule has 0 aromatic heterocycles. The number of hydrogen-bond donors (Lipinski definition) is 3. The fourth-order valence-electron chi connectivity index (χ4n) is 1.78. The number of nitrogens with one attached hydrogen (secondary N) is 1. The summed E-state index contributed by atoms with van der Waals surface area (Å²) in [5, 5.41) is 12.4. The minimum atomic E-state index is -1.18. The molecule has 4 N–H and O–H groups in total. The van der Waals surface area contributed by atoms with Crippen molar-refractivity contribution in [3.63, 3.8) is 0 Å². The lowest BCUT2D eigenvalue weighted by Gasteiger charge is -2.24. The first-order valence-electron chi connectivity index (χ1n) is 6.05. The molecule has 0 aliphatic rings. The van der Waals surface area contributed by atoms with Gasteiger partial charge in [0.05, 0.1) is 5.69 Å². The van der Waals surface area contributed by atoms with Crippen molar-refractivity contribution in [1.82, 2.24) is 0 Å². The summed E-state index contributed by atoms with van der Waals surface area (Å²) in [7, 11) is 0. The van der Waals surface area contributed by atoms with Crippen molar-refractivity contribution in [3.8, 4) is 5.75 Å². The maximum Gasteiger partial charge on any atom is 0.248 e. The molecule has 20 heavy (non-hydrogen) atoms. The molecule has 0 heterocycles. The lowest BCUT2D eigenvalue weighted by Crippen LogP contribution is -2.45. The SMILES string of the molecule is CC(N)(C(=O)Nc1cc(Br)ccc1O)c1ccccc1. The second-order valence-electron chi connectivity index (χ2n) is 4.68. The number of hydrogen-bond acceptors (Lipinski definition) is 3. The summed E-state index contributed by atoms with van der Waals surface area (Å²) in [6.45, 7) is 1.63. The highest BCUT2D eigenvalue weighted by molar-refractivity contribution is 9.10. The Labute approximate surface area is 125 Å². The monoisotopic (exact) mass is 334 g/mol. The second kappa shape index (κ2) is 5.64. The highest BCUT2D eigenvalue weighted by Gasteiger charge is 2.30. The second-order valence-corrected chi connectivity index (χ2v) is 5.60. The van der Waals surface area contributed by atoms with Crippen molar-refractivity contribution in [1.29, 1.82) is 0 Å². The number of carbonyl (C=O) groups excluding carboxylic acids is 1. The number of amides is 1. The van der Waals surface area contributed by atoms with Crippen LogP contribution in [0, 0.1) is 0 Å². The van der Waals surface area contributed by atoms with Gasteiger partial charge in [0.25, 0.3) is 0 Å². The van der Waals surface area contributed by atoms with Gasteiger partial charge >= 0.3 is 0 Å². The molecule has 2 aromatic rings. The minimum Gasteiger partial charge on any atom is -0.506 e. The number of phenols is 1. The summed E-state index contributed by atoms with van der Waals surface area (Å²) in [5.41, 5.74) is 5.95. The van der Waals surface area contributed by atoms with E-state index in [1.807, 2.05) is 18.2 Å². The largest absolute Gasteiger partial charge is 0.506 e. The van der Waals surface area contributed by atoms with Gasteiger partial charge in [-0.1, -0.05) is 46.3 Å². The average molecular weight is 335 g/mol. The number of nitrogens with two attached hydrogens (primary N) is 1. The van der Waals surface area contributed by atoms with Gasteiger partial charge in [-0.05, 0) is 30.7 Å². The third kappa shape index (κ3) is 3.00. The van der Waals surface area contributed by atoms with Gasteiger partial charge in [-0.2, -0.15) is 0 Å². The van der Waals surface area contributed by atoms with E-state index >= 15 is 0 Å². The fourth-order valence-corrected chi connectivity index (χ4v) is 2.14. The van der Waals surface area contributed by atoms with E-state index in [-0.39, 0.29) is 5.75 Å². The van der Waals surface area contributed by atoms with Crippen LogP contribution in [0.15, 0.2) is 53.0 Å². The maximum absolute atomic E-state index is 12.3. The molecule has 1 unspecified atom stereocenters. The summed E-state index contributed by atoms with van der Waals surface area (Å²) in [6.07, 6.45) is 0. The van der Waals surface area contributed by atoms with Gasteiger partial charge in [0.1, 0.15) is 11.3 Å². The van der Waals surface area contributed by atoms with Gasteiger partial charge in [0.15, 0.2) is 0 Å². The van der Waals surface area contributed by atoms with E-state index in [1.54, 1.807) is 31.2 Å². The molecule has 104 valence electrons. The number of carbonyl (C=O) groups is 1. The molecule has 0 radical (unpaired) electrons. The van der Waals surface area contributed by atoms with Crippen LogP contribution in [0.2, 0.25) is 0 Å². The maximum atomic E-state index is 12.3. The number of aromatic hydroxyl groups is 1. The van der Waals surface area contributed by atoms with E-state index in [0.717, 1.165) is 4.47 Å². The Balaban J connectivity index is 2.26. The topological polar surface area (TPSA) is 75.4 Å². The molecule has 4 nitrogen and oxygen atoms in total. The molecular formula is C15H15BrN2O2. The number of rotatable bonds is 3. The Morgan fingerprint density at radius 3 is 2.55 bits per heavy atom. The zero-order valence-electron chi connectivity index (χ0n) is 10.9. The molecule has 2 aromatic carbocycles. The zero-order chi connectivity index (χ0) is 14.8. The first-order valence-corrected chi connectivity index (χ1v) is 6.85. The molecule has 0 spiro atoms. The molecule has 5 heteroatoms. The first kappa shape index (κ1) is 14.6. The third-order valence-corrected chi connectivity index (χ3v) is 3.55. The van der Waals surface area contributed by atoms with Gasteiger partial charge in [0.2, 0.25) is 5.91 Å². The standard InChI is InChI=1S/C15H15BrN2O2/c1-15(17,10-5-3-2-4-6-10)14(20)18-12-9-11(16)7-8-13(12)19/h2-9,19H,17H2,1H3,(H,18,20). The van der Waals surface area contributed by atoms with Crippen LogP contribution < -0.4 is 11.1 Å². The van der Waals surface area contributed by atoms with Gasteiger partial charge in [0, 0.05) is 4.47 Å². The van der Waals surface area contributed by atoms with Crippen LogP contribution >= 0.6 is 15.9 Å². The molecule has 0 fully saturated rings. The summed E-state index contributed by atoms with van der Waals surface area (Å²) >= 11 is 3.29. The van der Waals surface area contributed by atoms with Gasteiger partial charge < -0.3 is 16.2 Å². The predicted octanol–water partition coefficient (Wildman–Crippen LogP) is 2.97. The Bertz CT molecular complexity index is 627. The number of benzene rings is 2. The van der Waals surface area contributed by atoms with E-state index in [4.69, 9.17) is 5.73 Å². The molecule has 0 saturated carbocycles. The number of halogens is 1. The first-order chi connectivity index (χ1) is 9.41. The highest BCUT2D eigenvalue weighted by atomic mass is 79.9. The minimum absolute atomic E-state index is 0.00888. The van der Waals surface area contributed by atoms with Crippen LogP contribution in [-0.2, 0) is 10.3 Å². The van der Waals surface area contributed by atoms with Crippen molar-refractivity contribution < 1.29 is 9.90 Å².